The number of anilines is 1. The molecule has 2 aromatic carbocycles. The molecule has 1 atom stereocenters. The SMILES string of the molecule is C[C@@H](OC(=O)/C=C/c1ccc(Cl)cc1)C(=O)Nc1ccc2c(c1)OCCO2. The van der Waals surface area contributed by atoms with Crippen molar-refractivity contribution in [3.63, 3.8) is 0 Å². The zero-order chi connectivity index (χ0) is 19.2. The van der Waals surface area contributed by atoms with Gasteiger partial charge in [0.1, 0.15) is 13.2 Å². The summed E-state index contributed by atoms with van der Waals surface area (Å²) in [6.07, 6.45) is 1.89. The van der Waals surface area contributed by atoms with Crippen molar-refractivity contribution in [1.82, 2.24) is 0 Å². The van der Waals surface area contributed by atoms with E-state index in [1.807, 2.05) is 0 Å². The standard InChI is InChI=1S/C20H18ClNO5/c1-13(27-19(23)9-4-14-2-5-15(21)6-3-14)20(24)22-16-7-8-17-18(12-16)26-11-10-25-17/h2-9,12-13H,10-11H2,1H3,(H,22,24)/b9-4+/t13-/m1/s1. The number of benzene rings is 2. The third-order valence-corrected chi connectivity index (χ3v) is 4.01. The van der Waals surface area contributed by atoms with E-state index in [9.17, 15) is 9.59 Å². The van der Waals surface area contributed by atoms with Crippen molar-refractivity contribution in [2.24, 2.45) is 0 Å². The van der Waals surface area contributed by atoms with Crippen LogP contribution in [0.3, 0.4) is 0 Å². The van der Waals surface area contributed by atoms with Crippen LogP contribution in [0.4, 0.5) is 5.69 Å². The number of hydrogen-bond donors (Lipinski definition) is 1. The summed E-state index contributed by atoms with van der Waals surface area (Å²) in [5, 5.41) is 3.30. The van der Waals surface area contributed by atoms with Crippen LogP contribution < -0.4 is 14.8 Å². The van der Waals surface area contributed by atoms with E-state index in [-0.39, 0.29) is 0 Å². The first-order valence-electron chi connectivity index (χ1n) is 8.36. The summed E-state index contributed by atoms with van der Waals surface area (Å²) in [4.78, 5) is 24.1. The van der Waals surface area contributed by atoms with Crippen LogP contribution in [0.25, 0.3) is 6.08 Å². The molecule has 140 valence electrons. The van der Waals surface area contributed by atoms with Gasteiger partial charge in [-0.3, -0.25) is 4.79 Å². The summed E-state index contributed by atoms with van der Waals surface area (Å²) in [6.45, 7) is 2.45. The Morgan fingerprint density at radius 1 is 1.11 bits per heavy atom. The molecular formula is C20H18ClNO5. The first-order valence-corrected chi connectivity index (χ1v) is 8.74. The highest BCUT2D eigenvalue weighted by Gasteiger charge is 2.18. The number of fused-ring (bicyclic) bond motifs is 1. The predicted molar refractivity (Wildman–Crippen MR) is 102 cm³/mol. The molecule has 0 bridgehead atoms. The molecule has 0 aromatic heterocycles. The molecule has 27 heavy (non-hydrogen) atoms. The Hall–Kier alpha value is -2.99. The van der Waals surface area contributed by atoms with E-state index >= 15 is 0 Å². The van der Waals surface area contributed by atoms with E-state index in [2.05, 4.69) is 5.32 Å². The van der Waals surface area contributed by atoms with Gasteiger partial charge in [-0.15, -0.1) is 0 Å². The normalized spacial score (nSPS) is 13.9. The first-order chi connectivity index (χ1) is 13.0. The number of ether oxygens (including phenoxy) is 3. The molecule has 1 N–H and O–H groups in total. The maximum absolute atomic E-state index is 12.2. The van der Waals surface area contributed by atoms with Crippen molar-refractivity contribution in [3.8, 4) is 11.5 Å². The maximum Gasteiger partial charge on any atom is 0.331 e. The van der Waals surface area contributed by atoms with Crippen LogP contribution in [0.2, 0.25) is 5.02 Å². The third kappa shape index (κ3) is 5.24. The molecule has 0 spiro atoms. The minimum absolute atomic E-state index is 0.445. The van der Waals surface area contributed by atoms with Crippen molar-refractivity contribution in [2.75, 3.05) is 18.5 Å². The van der Waals surface area contributed by atoms with Gasteiger partial charge < -0.3 is 19.5 Å². The van der Waals surface area contributed by atoms with Crippen molar-refractivity contribution >= 4 is 35.2 Å². The minimum Gasteiger partial charge on any atom is -0.486 e. The lowest BCUT2D eigenvalue weighted by Gasteiger charge is -2.19. The number of rotatable bonds is 5. The molecule has 0 saturated carbocycles. The largest absolute Gasteiger partial charge is 0.486 e. The molecule has 0 saturated heterocycles. The number of nitrogens with one attached hydrogen (secondary N) is 1. The van der Waals surface area contributed by atoms with Gasteiger partial charge in [-0.2, -0.15) is 0 Å². The molecule has 1 aliphatic rings. The highest BCUT2D eigenvalue weighted by molar-refractivity contribution is 6.30. The van der Waals surface area contributed by atoms with Gasteiger partial charge in [0.2, 0.25) is 0 Å². The fourth-order valence-electron chi connectivity index (χ4n) is 2.37. The summed E-state index contributed by atoms with van der Waals surface area (Å²) in [6, 6.07) is 12.1. The summed E-state index contributed by atoms with van der Waals surface area (Å²) >= 11 is 5.81. The lowest BCUT2D eigenvalue weighted by atomic mass is 10.2. The molecule has 1 aliphatic heterocycles. The Morgan fingerprint density at radius 2 is 1.81 bits per heavy atom. The van der Waals surface area contributed by atoms with Gasteiger partial charge in [-0.1, -0.05) is 23.7 Å². The Labute approximate surface area is 161 Å². The molecule has 7 heteroatoms. The van der Waals surface area contributed by atoms with Crippen LogP contribution in [0.15, 0.2) is 48.5 Å². The van der Waals surface area contributed by atoms with E-state index < -0.39 is 18.0 Å². The predicted octanol–water partition coefficient (Wildman–Crippen LogP) is 3.69. The first kappa shape index (κ1) is 18.8. The minimum atomic E-state index is -0.958. The Kier molecular flexibility index (Phi) is 5.98. The molecule has 6 nitrogen and oxygen atoms in total. The molecule has 1 amide bonds. The zero-order valence-corrected chi connectivity index (χ0v) is 15.4. The van der Waals surface area contributed by atoms with Crippen LogP contribution >= 0.6 is 11.6 Å². The number of halogens is 1. The summed E-state index contributed by atoms with van der Waals surface area (Å²) in [5.74, 6) is 0.135. The topological polar surface area (TPSA) is 73.9 Å². The molecule has 2 aromatic rings. The van der Waals surface area contributed by atoms with Gasteiger partial charge in [-0.05, 0) is 42.8 Å². The lowest BCUT2D eigenvalue weighted by Crippen LogP contribution is -2.29. The molecule has 3 rings (SSSR count). The van der Waals surface area contributed by atoms with E-state index in [1.165, 1.54) is 13.0 Å². The van der Waals surface area contributed by atoms with E-state index in [0.717, 1.165) is 5.56 Å². The number of esters is 1. The number of hydrogen-bond acceptors (Lipinski definition) is 5. The van der Waals surface area contributed by atoms with Gasteiger partial charge in [0, 0.05) is 22.9 Å². The molecule has 0 unspecified atom stereocenters. The van der Waals surface area contributed by atoms with Crippen molar-refractivity contribution < 1.29 is 23.8 Å². The van der Waals surface area contributed by atoms with Crippen molar-refractivity contribution in [2.45, 2.75) is 13.0 Å². The fraction of sp³-hybridized carbons (Fsp3) is 0.200. The van der Waals surface area contributed by atoms with E-state index in [1.54, 1.807) is 48.5 Å². The fourth-order valence-corrected chi connectivity index (χ4v) is 2.50. The second-order valence-electron chi connectivity index (χ2n) is 5.81. The van der Waals surface area contributed by atoms with Gasteiger partial charge >= 0.3 is 5.97 Å². The Balaban J connectivity index is 1.54. The zero-order valence-electron chi connectivity index (χ0n) is 14.6. The number of amides is 1. The van der Waals surface area contributed by atoms with E-state index in [4.69, 9.17) is 25.8 Å². The number of carbonyl (C=O) groups is 2. The summed E-state index contributed by atoms with van der Waals surface area (Å²) in [7, 11) is 0. The molecular weight excluding hydrogens is 370 g/mol. The van der Waals surface area contributed by atoms with Crippen molar-refractivity contribution in [1.29, 1.82) is 0 Å². The maximum atomic E-state index is 12.2. The third-order valence-electron chi connectivity index (χ3n) is 3.75. The summed E-state index contributed by atoms with van der Waals surface area (Å²) < 4.78 is 16.0. The second kappa shape index (κ2) is 8.60. The lowest BCUT2D eigenvalue weighted by molar-refractivity contribution is -0.148. The monoisotopic (exact) mass is 387 g/mol. The van der Waals surface area contributed by atoms with Crippen molar-refractivity contribution in [3.05, 3.63) is 59.1 Å². The Morgan fingerprint density at radius 3 is 2.56 bits per heavy atom. The molecule has 0 fully saturated rings. The van der Waals surface area contributed by atoms with Crippen LogP contribution in [-0.2, 0) is 14.3 Å². The van der Waals surface area contributed by atoms with Gasteiger partial charge in [0.05, 0.1) is 0 Å². The highest BCUT2D eigenvalue weighted by atomic mass is 35.5. The van der Waals surface area contributed by atoms with Crippen LogP contribution in [0.5, 0.6) is 11.5 Å². The summed E-state index contributed by atoms with van der Waals surface area (Å²) in [5.41, 5.74) is 1.33. The smallest absolute Gasteiger partial charge is 0.331 e. The average Bonchev–Trinajstić information content (AvgIpc) is 2.67. The number of carbonyl (C=O) groups excluding carboxylic acids is 2. The van der Waals surface area contributed by atoms with Gasteiger partial charge in [0.15, 0.2) is 17.6 Å². The van der Waals surface area contributed by atoms with Crippen LogP contribution in [0.1, 0.15) is 12.5 Å². The Bertz CT molecular complexity index is 863. The van der Waals surface area contributed by atoms with Gasteiger partial charge in [-0.25, -0.2) is 4.79 Å². The molecule has 0 aliphatic carbocycles. The van der Waals surface area contributed by atoms with Gasteiger partial charge in [0.25, 0.3) is 5.91 Å². The molecule has 0 radical (unpaired) electrons. The molecule has 1 heterocycles. The van der Waals surface area contributed by atoms with Crippen LogP contribution in [-0.4, -0.2) is 31.2 Å². The highest BCUT2D eigenvalue weighted by Crippen LogP contribution is 2.32. The average molecular weight is 388 g/mol. The van der Waals surface area contributed by atoms with E-state index in [0.29, 0.717) is 35.4 Å². The second-order valence-corrected chi connectivity index (χ2v) is 6.25. The van der Waals surface area contributed by atoms with Crippen LogP contribution in [0, 0.1) is 0 Å². The quantitative estimate of drug-likeness (QED) is 0.625.